The molecule has 1 saturated heterocycles. The van der Waals surface area contributed by atoms with E-state index in [0.717, 1.165) is 39.1 Å². The van der Waals surface area contributed by atoms with E-state index in [1.165, 1.54) is 24.1 Å². The van der Waals surface area contributed by atoms with Crippen LogP contribution in [0.2, 0.25) is 0 Å². The van der Waals surface area contributed by atoms with Crippen LogP contribution < -0.4 is 0 Å². The zero-order chi connectivity index (χ0) is 17.2. The molecule has 1 aliphatic carbocycles. The lowest BCUT2D eigenvalue weighted by Gasteiger charge is -2.34. The van der Waals surface area contributed by atoms with E-state index in [1.807, 2.05) is 11.1 Å². The molecular formula is C19H29N3O3. The van der Waals surface area contributed by atoms with Crippen molar-refractivity contribution in [1.29, 1.82) is 0 Å². The number of fused-ring (bicyclic) bond motifs is 1. The quantitative estimate of drug-likeness (QED) is 0.791. The van der Waals surface area contributed by atoms with E-state index < -0.39 is 0 Å². The van der Waals surface area contributed by atoms with Crippen LogP contribution in [0.25, 0.3) is 0 Å². The molecule has 0 spiro atoms. The van der Waals surface area contributed by atoms with Gasteiger partial charge in [-0.2, -0.15) is 5.10 Å². The molecule has 3 heterocycles. The highest BCUT2D eigenvalue weighted by Crippen LogP contribution is 2.35. The van der Waals surface area contributed by atoms with Crippen LogP contribution in [0.5, 0.6) is 0 Å². The van der Waals surface area contributed by atoms with Crippen molar-refractivity contribution in [1.82, 2.24) is 14.7 Å². The number of hydrogen-bond donors (Lipinski definition) is 0. The van der Waals surface area contributed by atoms with Crippen LogP contribution in [0.1, 0.15) is 49.3 Å². The molecule has 0 N–H and O–H groups in total. The van der Waals surface area contributed by atoms with E-state index in [9.17, 15) is 4.79 Å². The third-order valence-corrected chi connectivity index (χ3v) is 5.80. The van der Waals surface area contributed by atoms with Crippen LogP contribution in [0.15, 0.2) is 6.20 Å². The maximum absolute atomic E-state index is 12.6. The largest absolute Gasteiger partial charge is 0.384 e. The fourth-order valence-corrected chi connectivity index (χ4v) is 4.19. The molecule has 0 aromatic carbocycles. The number of carbonyl (C=O) groups excluding carboxylic acids is 1. The number of amides is 1. The molecule has 138 valence electrons. The standard InChI is InChI=1S/C19H29N3O3/c1-24-13-17-12-21(18(23)8-14-2-3-14)11-16-9-20-22(19(16)17)10-15-4-6-25-7-5-15/h9,14-15,17H,2-8,10-13H2,1H3. The highest BCUT2D eigenvalue weighted by Gasteiger charge is 2.34. The summed E-state index contributed by atoms with van der Waals surface area (Å²) >= 11 is 0. The summed E-state index contributed by atoms with van der Waals surface area (Å²) in [6.45, 7) is 4.77. The Kier molecular flexibility index (Phi) is 5.08. The topological polar surface area (TPSA) is 56.6 Å². The molecule has 4 rings (SSSR count). The van der Waals surface area contributed by atoms with Crippen LogP contribution in [0, 0.1) is 11.8 Å². The number of hydrogen-bond acceptors (Lipinski definition) is 4. The number of rotatable bonds is 6. The van der Waals surface area contributed by atoms with E-state index in [-0.39, 0.29) is 5.92 Å². The van der Waals surface area contributed by atoms with Crippen molar-refractivity contribution in [2.24, 2.45) is 11.8 Å². The summed E-state index contributed by atoms with van der Waals surface area (Å²) < 4.78 is 13.1. The average molecular weight is 347 g/mol. The normalized spacial score (nSPS) is 24.4. The van der Waals surface area contributed by atoms with Crippen molar-refractivity contribution >= 4 is 5.91 Å². The molecule has 0 radical (unpaired) electrons. The van der Waals surface area contributed by atoms with Crippen LogP contribution in [0.3, 0.4) is 0 Å². The zero-order valence-electron chi connectivity index (χ0n) is 15.2. The summed E-state index contributed by atoms with van der Waals surface area (Å²) in [5.74, 6) is 1.78. The number of ether oxygens (including phenoxy) is 2. The Labute approximate surface area is 149 Å². The molecule has 2 fully saturated rings. The summed E-state index contributed by atoms with van der Waals surface area (Å²) in [4.78, 5) is 14.6. The average Bonchev–Trinajstić information content (AvgIpc) is 3.35. The van der Waals surface area contributed by atoms with Gasteiger partial charge in [-0.25, -0.2) is 0 Å². The van der Waals surface area contributed by atoms with Gasteiger partial charge in [-0.3, -0.25) is 9.48 Å². The molecule has 6 nitrogen and oxygen atoms in total. The molecule has 1 atom stereocenters. The highest BCUT2D eigenvalue weighted by atomic mass is 16.5. The monoisotopic (exact) mass is 347 g/mol. The Hall–Kier alpha value is -1.40. The summed E-state index contributed by atoms with van der Waals surface area (Å²) in [6.07, 6.45) is 7.33. The molecule has 25 heavy (non-hydrogen) atoms. The maximum atomic E-state index is 12.6. The molecule has 1 aromatic rings. The lowest BCUT2D eigenvalue weighted by Crippen LogP contribution is -2.40. The van der Waals surface area contributed by atoms with Gasteiger partial charge in [0.05, 0.1) is 18.5 Å². The maximum Gasteiger partial charge on any atom is 0.223 e. The van der Waals surface area contributed by atoms with Crippen LogP contribution in [-0.4, -0.2) is 54.1 Å². The SMILES string of the molecule is COCC1CN(C(=O)CC2CC2)Cc2cnn(CC3CCOCC3)c21. The second-order valence-electron chi connectivity index (χ2n) is 7.87. The molecule has 2 aliphatic heterocycles. The van der Waals surface area contributed by atoms with Gasteiger partial charge in [0.1, 0.15) is 0 Å². The second-order valence-corrected chi connectivity index (χ2v) is 7.87. The van der Waals surface area contributed by atoms with Crippen LogP contribution in [0.4, 0.5) is 0 Å². The van der Waals surface area contributed by atoms with Crippen LogP contribution >= 0.6 is 0 Å². The van der Waals surface area contributed by atoms with Gasteiger partial charge in [-0.05, 0) is 37.5 Å². The number of aromatic nitrogens is 2. The first-order chi connectivity index (χ1) is 12.2. The number of methoxy groups -OCH3 is 1. The second kappa shape index (κ2) is 7.46. The van der Waals surface area contributed by atoms with Gasteiger partial charge in [0.25, 0.3) is 0 Å². The summed E-state index contributed by atoms with van der Waals surface area (Å²) in [6, 6.07) is 0. The van der Waals surface area contributed by atoms with Gasteiger partial charge in [0.15, 0.2) is 0 Å². The Morgan fingerprint density at radius 1 is 1.28 bits per heavy atom. The first-order valence-corrected chi connectivity index (χ1v) is 9.63. The van der Waals surface area contributed by atoms with E-state index in [0.29, 0.717) is 37.3 Å². The van der Waals surface area contributed by atoms with Gasteiger partial charge >= 0.3 is 0 Å². The van der Waals surface area contributed by atoms with Crippen molar-refractivity contribution in [3.63, 3.8) is 0 Å². The summed E-state index contributed by atoms with van der Waals surface area (Å²) in [7, 11) is 1.74. The third-order valence-electron chi connectivity index (χ3n) is 5.80. The lowest BCUT2D eigenvalue weighted by atomic mass is 9.95. The fraction of sp³-hybridized carbons (Fsp3) is 0.789. The molecule has 1 aromatic heterocycles. The van der Waals surface area contributed by atoms with E-state index in [4.69, 9.17) is 9.47 Å². The summed E-state index contributed by atoms with van der Waals surface area (Å²) in [5.41, 5.74) is 2.48. The van der Waals surface area contributed by atoms with Gasteiger partial charge < -0.3 is 14.4 Å². The summed E-state index contributed by atoms with van der Waals surface area (Å²) in [5, 5.41) is 4.67. The highest BCUT2D eigenvalue weighted by molar-refractivity contribution is 5.77. The van der Waals surface area contributed by atoms with Crippen molar-refractivity contribution in [3.8, 4) is 0 Å². The molecule has 1 amide bonds. The fourth-order valence-electron chi connectivity index (χ4n) is 4.19. The van der Waals surface area contributed by atoms with Crippen molar-refractivity contribution in [3.05, 3.63) is 17.5 Å². The Morgan fingerprint density at radius 2 is 2.08 bits per heavy atom. The minimum Gasteiger partial charge on any atom is -0.384 e. The first kappa shape index (κ1) is 17.0. The minimum atomic E-state index is 0.222. The molecular weight excluding hydrogens is 318 g/mol. The van der Waals surface area contributed by atoms with Crippen molar-refractivity contribution in [2.45, 2.75) is 51.1 Å². The molecule has 1 unspecified atom stereocenters. The minimum absolute atomic E-state index is 0.222. The molecule has 6 heteroatoms. The van der Waals surface area contributed by atoms with Gasteiger partial charge in [-0.15, -0.1) is 0 Å². The predicted octanol–water partition coefficient (Wildman–Crippen LogP) is 2.18. The first-order valence-electron chi connectivity index (χ1n) is 9.63. The van der Waals surface area contributed by atoms with E-state index in [2.05, 4.69) is 9.78 Å². The Morgan fingerprint density at radius 3 is 2.80 bits per heavy atom. The van der Waals surface area contributed by atoms with Crippen LogP contribution in [-0.2, 0) is 27.4 Å². The third kappa shape index (κ3) is 3.90. The Bertz CT molecular complexity index is 605. The predicted molar refractivity (Wildman–Crippen MR) is 93.1 cm³/mol. The van der Waals surface area contributed by atoms with Gasteiger partial charge in [0.2, 0.25) is 5.91 Å². The smallest absolute Gasteiger partial charge is 0.223 e. The van der Waals surface area contributed by atoms with Gasteiger partial charge in [-0.1, -0.05) is 0 Å². The molecule has 0 bridgehead atoms. The molecule has 1 saturated carbocycles. The zero-order valence-corrected chi connectivity index (χ0v) is 15.2. The number of carbonyl (C=O) groups is 1. The van der Waals surface area contributed by atoms with Crippen molar-refractivity contribution in [2.75, 3.05) is 33.5 Å². The lowest BCUT2D eigenvalue weighted by molar-refractivity contribution is -0.133. The van der Waals surface area contributed by atoms with Crippen molar-refractivity contribution < 1.29 is 14.3 Å². The molecule has 3 aliphatic rings. The van der Waals surface area contributed by atoms with E-state index >= 15 is 0 Å². The Balaban J connectivity index is 1.50. The van der Waals surface area contributed by atoms with Gasteiger partial charge in [0, 0.05) is 57.9 Å². The number of nitrogens with zero attached hydrogens (tertiary/aromatic N) is 3. The van der Waals surface area contributed by atoms with E-state index in [1.54, 1.807) is 7.11 Å².